The highest BCUT2D eigenvalue weighted by atomic mass is 32.1. The van der Waals surface area contributed by atoms with Crippen LogP contribution in [0.4, 0.5) is 11.4 Å². The molecule has 3 heterocycles. The van der Waals surface area contributed by atoms with E-state index in [4.69, 9.17) is 17.2 Å². The maximum absolute atomic E-state index is 12.4. The van der Waals surface area contributed by atoms with Crippen LogP contribution in [0.25, 0.3) is 5.69 Å². The maximum Gasteiger partial charge on any atom is 0.226 e. The highest BCUT2D eigenvalue weighted by Crippen LogP contribution is 2.44. The predicted octanol–water partition coefficient (Wildman–Crippen LogP) is 7.49. The second-order valence-electron chi connectivity index (χ2n) is 11.5. The first-order chi connectivity index (χ1) is 19.5. The van der Waals surface area contributed by atoms with Gasteiger partial charge in [0.2, 0.25) is 5.91 Å². The van der Waals surface area contributed by atoms with Crippen LogP contribution in [0, 0.1) is 47.5 Å². The third kappa shape index (κ3) is 5.26. The van der Waals surface area contributed by atoms with Crippen molar-refractivity contribution in [3.8, 4) is 5.69 Å². The zero-order chi connectivity index (χ0) is 29.6. The highest BCUT2D eigenvalue weighted by molar-refractivity contribution is 7.80. The fraction of sp³-hybridized carbons (Fsp3) is 0.324. The molecule has 41 heavy (non-hydrogen) atoms. The smallest absolute Gasteiger partial charge is 0.226 e. The quantitative estimate of drug-likeness (QED) is 0.237. The number of anilines is 2. The van der Waals surface area contributed by atoms with Crippen LogP contribution in [0.5, 0.6) is 0 Å². The van der Waals surface area contributed by atoms with Crippen molar-refractivity contribution in [3.63, 3.8) is 0 Å². The molecule has 1 fully saturated rings. The molecule has 4 aromatic rings. The Balaban J connectivity index is 1.65. The van der Waals surface area contributed by atoms with Crippen molar-refractivity contribution in [1.82, 2.24) is 14.9 Å². The summed E-state index contributed by atoms with van der Waals surface area (Å²) in [5, 5.41) is 7.29. The Morgan fingerprint density at radius 1 is 0.951 bits per heavy atom. The Kier molecular flexibility index (Phi) is 7.75. The van der Waals surface area contributed by atoms with Gasteiger partial charge in [-0.1, -0.05) is 37.6 Å². The summed E-state index contributed by atoms with van der Waals surface area (Å²) in [7, 11) is 0. The molecule has 7 heteroatoms. The average Bonchev–Trinajstić information content (AvgIpc) is 3.40. The summed E-state index contributed by atoms with van der Waals surface area (Å²) >= 11 is 6.00. The van der Waals surface area contributed by atoms with E-state index < -0.39 is 0 Å². The van der Waals surface area contributed by atoms with Crippen molar-refractivity contribution in [2.75, 3.05) is 10.2 Å². The van der Waals surface area contributed by atoms with Gasteiger partial charge in [-0.3, -0.25) is 9.78 Å². The van der Waals surface area contributed by atoms with Crippen LogP contribution < -0.4 is 15.5 Å². The van der Waals surface area contributed by atoms with E-state index in [2.05, 4.69) is 85.1 Å². The zero-order valence-corrected chi connectivity index (χ0v) is 26.0. The number of nitrogens with one attached hydrogen (secondary N) is 2. The number of hydrogen-bond donors (Lipinski definition) is 2. The van der Waals surface area contributed by atoms with E-state index in [9.17, 15) is 4.79 Å². The number of carbonyl (C=O) groups excluding carboxylic acids is 1. The molecule has 2 atom stereocenters. The minimum absolute atomic E-state index is 0.00133. The SMILES string of the molecule is Cc1cc(C)c(-n2c(C)cc(C3C(c4ccccn4)NC(=S)N3c3ccc(NC(=O)C(C)C)c(C)c3)c2C)c(C)c1. The van der Waals surface area contributed by atoms with E-state index in [-0.39, 0.29) is 23.9 Å². The van der Waals surface area contributed by atoms with Gasteiger partial charge in [0.05, 0.1) is 23.5 Å². The molecule has 0 spiro atoms. The van der Waals surface area contributed by atoms with Crippen molar-refractivity contribution >= 4 is 34.6 Å². The molecule has 1 aliphatic rings. The summed E-state index contributed by atoms with van der Waals surface area (Å²) in [4.78, 5) is 19.3. The summed E-state index contributed by atoms with van der Waals surface area (Å²) in [5.41, 5.74) is 12.3. The van der Waals surface area contributed by atoms with Crippen LogP contribution in [0.15, 0.2) is 60.8 Å². The van der Waals surface area contributed by atoms with E-state index in [1.54, 1.807) is 0 Å². The van der Waals surface area contributed by atoms with Gasteiger partial charge in [-0.15, -0.1) is 0 Å². The van der Waals surface area contributed by atoms with Crippen molar-refractivity contribution in [3.05, 3.63) is 106 Å². The molecular formula is C34H39N5OS. The van der Waals surface area contributed by atoms with Crippen LogP contribution >= 0.6 is 12.2 Å². The Morgan fingerprint density at radius 2 is 1.66 bits per heavy atom. The number of nitrogens with zero attached hydrogens (tertiary/aromatic N) is 3. The van der Waals surface area contributed by atoms with Gasteiger partial charge < -0.3 is 20.1 Å². The molecule has 2 N–H and O–H groups in total. The largest absolute Gasteiger partial charge is 0.351 e. The molecule has 0 bridgehead atoms. The number of thiocarbonyl (C=S) groups is 1. The normalized spacial score (nSPS) is 16.8. The number of rotatable bonds is 6. The fourth-order valence-electron chi connectivity index (χ4n) is 6.12. The lowest BCUT2D eigenvalue weighted by molar-refractivity contribution is -0.118. The van der Waals surface area contributed by atoms with Gasteiger partial charge in [-0.05, 0) is 112 Å². The van der Waals surface area contributed by atoms with Gasteiger partial charge >= 0.3 is 0 Å². The lowest BCUT2D eigenvalue weighted by Gasteiger charge is -2.29. The van der Waals surface area contributed by atoms with E-state index >= 15 is 0 Å². The van der Waals surface area contributed by atoms with Gasteiger partial charge in [0.15, 0.2) is 5.11 Å². The van der Waals surface area contributed by atoms with E-state index in [0.29, 0.717) is 5.11 Å². The molecule has 2 unspecified atom stereocenters. The minimum Gasteiger partial charge on any atom is -0.351 e. The molecule has 0 radical (unpaired) electrons. The second kappa shape index (κ2) is 11.1. The first kappa shape index (κ1) is 28.6. The summed E-state index contributed by atoms with van der Waals surface area (Å²) < 4.78 is 2.38. The van der Waals surface area contributed by atoms with Gasteiger partial charge in [0, 0.05) is 34.9 Å². The molecule has 5 rings (SSSR count). The number of hydrogen-bond acceptors (Lipinski definition) is 3. The predicted molar refractivity (Wildman–Crippen MR) is 172 cm³/mol. The number of benzene rings is 2. The van der Waals surface area contributed by atoms with Crippen LogP contribution in [0.1, 0.15) is 70.8 Å². The van der Waals surface area contributed by atoms with Crippen LogP contribution in [0.2, 0.25) is 0 Å². The number of amides is 1. The summed E-state index contributed by atoms with van der Waals surface area (Å²) in [6, 6.07) is 18.7. The maximum atomic E-state index is 12.4. The molecule has 2 aromatic heterocycles. The summed E-state index contributed by atoms with van der Waals surface area (Å²) in [6.45, 7) is 16.7. The van der Waals surface area contributed by atoms with Crippen LogP contribution in [-0.2, 0) is 4.79 Å². The lowest BCUT2D eigenvalue weighted by Crippen LogP contribution is -2.29. The first-order valence-electron chi connectivity index (χ1n) is 14.2. The van der Waals surface area contributed by atoms with Crippen molar-refractivity contribution < 1.29 is 4.79 Å². The third-order valence-corrected chi connectivity index (χ3v) is 8.33. The molecule has 212 valence electrons. The second-order valence-corrected chi connectivity index (χ2v) is 11.9. The Morgan fingerprint density at radius 3 is 2.27 bits per heavy atom. The average molecular weight is 566 g/mol. The highest BCUT2D eigenvalue weighted by Gasteiger charge is 2.42. The summed E-state index contributed by atoms with van der Waals surface area (Å²) in [6.07, 6.45) is 1.83. The van der Waals surface area contributed by atoms with Crippen molar-refractivity contribution in [1.29, 1.82) is 0 Å². The molecule has 1 amide bonds. The van der Waals surface area contributed by atoms with Gasteiger partial charge in [0.1, 0.15) is 0 Å². The van der Waals surface area contributed by atoms with E-state index in [1.165, 1.54) is 39.3 Å². The van der Waals surface area contributed by atoms with Gasteiger partial charge in [-0.2, -0.15) is 0 Å². The molecule has 0 saturated carbocycles. The zero-order valence-electron chi connectivity index (χ0n) is 25.2. The third-order valence-electron chi connectivity index (χ3n) is 8.02. The minimum atomic E-state index is -0.140. The van der Waals surface area contributed by atoms with Crippen molar-refractivity contribution in [2.24, 2.45) is 5.92 Å². The van der Waals surface area contributed by atoms with E-state index in [0.717, 1.165) is 22.6 Å². The Bertz CT molecular complexity index is 1620. The molecular weight excluding hydrogens is 526 g/mol. The molecule has 2 aromatic carbocycles. The van der Waals surface area contributed by atoms with Crippen LogP contribution in [0.3, 0.4) is 0 Å². The van der Waals surface area contributed by atoms with Crippen molar-refractivity contribution in [2.45, 2.75) is 67.5 Å². The Labute approximate surface area is 248 Å². The van der Waals surface area contributed by atoms with Gasteiger partial charge in [-0.25, -0.2) is 0 Å². The first-order valence-corrected chi connectivity index (χ1v) is 14.6. The van der Waals surface area contributed by atoms with Gasteiger partial charge in [0.25, 0.3) is 0 Å². The molecule has 0 aliphatic carbocycles. The summed E-state index contributed by atoms with van der Waals surface area (Å²) in [5.74, 6) is -0.0922. The molecule has 1 aliphatic heterocycles. The number of aryl methyl sites for hydroxylation is 5. The number of carbonyl (C=O) groups is 1. The van der Waals surface area contributed by atoms with E-state index in [1.807, 2.05) is 51.2 Å². The number of pyridine rings is 1. The fourth-order valence-corrected chi connectivity index (χ4v) is 6.47. The van der Waals surface area contributed by atoms with Crippen LogP contribution in [-0.4, -0.2) is 20.6 Å². The molecule has 6 nitrogen and oxygen atoms in total. The standard InChI is InChI=1S/C34H39N5OS/c1-19(2)33(40)36-28-13-12-26(17-21(28)4)39-32(30(37-34(39)41)29-11-9-10-14-35-29)27-18-24(7)38(25(27)8)31-22(5)15-20(3)16-23(31)6/h9-19,30,32H,1-8H3,(H,36,40)(H,37,41). The number of aromatic nitrogens is 2. The molecule has 1 saturated heterocycles. The Hall–Kier alpha value is -3.97. The monoisotopic (exact) mass is 565 g/mol. The topological polar surface area (TPSA) is 62.2 Å². The lowest BCUT2D eigenvalue weighted by atomic mass is 9.96.